The summed E-state index contributed by atoms with van der Waals surface area (Å²) in [5.41, 5.74) is 0. The molecule has 0 rings (SSSR count). The number of amides is 1. The average molecular weight is 1150 g/mol. The Balaban J connectivity index is 3.32. The second kappa shape index (κ2) is 71.3. The normalized spacial score (nSPS) is 12.8. The Hall–Kier alpha value is -2.18. The third kappa shape index (κ3) is 67.0. The molecule has 0 aromatic carbocycles. The number of hydrogen-bond acceptors (Lipinski definition) is 5. The van der Waals surface area contributed by atoms with Gasteiger partial charge in [0.25, 0.3) is 0 Å². The summed E-state index contributed by atoms with van der Waals surface area (Å²) >= 11 is 0. The van der Waals surface area contributed by atoms with Gasteiger partial charge in [0, 0.05) is 12.8 Å². The summed E-state index contributed by atoms with van der Waals surface area (Å²) in [6.07, 6.45) is 93.5. The standard InChI is InChI=1S/C76H143NO5/c1-3-5-7-9-11-13-14-15-16-40-44-47-50-54-58-62-66-70-76(81)82-71-67-63-59-55-51-48-45-42-39-37-35-33-31-29-27-25-23-21-19-17-18-20-22-24-26-28-30-32-34-36-38-41-43-46-49-53-57-61-65-69-75(80)77-73(72-78)74(79)68-64-60-56-52-12-10-8-6-4-2/h11,13,15-18,21,23,73-74,78-79H,3-10,12,14,19-20,22,24-72H2,1-2H3,(H,77,80)/b13-11-,16-15-,18-17-,23-21-. The molecule has 6 nitrogen and oxygen atoms in total. The van der Waals surface area contributed by atoms with E-state index < -0.39 is 12.1 Å². The van der Waals surface area contributed by atoms with Gasteiger partial charge in [0.05, 0.1) is 25.4 Å². The molecule has 6 heteroatoms. The minimum Gasteiger partial charge on any atom is -0.466 e. The molecule has 1 amide bonds. The summed E-state index contributed by atoms with van der Waals surface area (Å²) in [5.74, 6) is -0.0204. The summed E-state index contributed by atoms with van der Waals surface area (Å²) in [5, 5.41) is 23.2. The molecule has 0 bridgehead atoms. The van der Waals surface area contributed by atoms with Crippen molar-refractivity contribution in [1.82, 2.24) is 5.32 Å². The lowest BCUT2D eigenvalue weighted by molar-refractivity contribution is -0.143. The van der Waals surface area contributed by atoms with Crippen molar-refractivity contribution < 1.29 is 24.5 Å². The Bertz CT molecular complexity index is 1370. The van der Waals surface area contributed by atoms with Crippen LogP contribution in [0.3, 0.4) is 0 Å². The van der Waals surface area contributed by atoms with Crippen LogP contribution in [0.2, 0.25) is 0 Å². The molecule has 0 fully saturated rings. The van der Waals surface area contributed by atoms with Crippen molar-refractivity contribution >= 4 is 11.9 Å². The van der Waals surface area contributed by atoms with Gasteiger partial charge >= 0.3 is 5.97 Å². The minimum absolute atomic E-state index is 0.0126. The zero-order valence-corrected chi connectivity index (χ0v) is 55.2. The molecule has 0 saturated heterocycles. The van der Waals surface area contributed by atoms with Gasteiger partial charge in [-0.15, -0.1) is 0 Å². The first-order valence-electron chi connectivity index (χ1n) is 36.9. The maximum atomic E-state index is 12.4. The van der Waals surface area contributed by atoms with Crippen LogP contribution in [0.1, 0.15) is 399 Å². The van der Waals surface area contributed by atoms with Crippen LogP contribution in [-0.2, 0) is 14.3 Å². The summed E-state index contributed by atoms with van der Waals surface area (Å²) in [7, 11) is 0. The van der Waals surface area contributed by atoms with Crippen LogP contribution < -0.4 is 5.32 Å². The molecule has 0 aliphatic rings. The van der Waals surface area contributed by atoms with Gasteiger partial charge in [-0.25, -0.2) is 0 Å². The van der Waals surface area contributed by atoms with Crippen LogP contribution in [0.4, 0.5) is 0 Å². The molecule has 0 radical (unpaired) electrons. The van der Waals surface area contributed by atoms with E-state index in [1.54, 1.807) is 0 Å². The predicted octanol–water partition coefficient (Wildman–Crippen LogP) is 24.0. The highest BCUT2D eigenvalue weighted by molar-refractivity contribution is 5.76. The maximum absolute atomic E-state index is 12.4. The van der Waals surface area contributed by atoms with Crippen molar-refractivity contribution in [3.05, 3.63) is 48.6 Å². The van der Waals surface area contributed by atoms with Gasteiger partial charge < -0.3 is 20.3 Å². The SMILES string of the molecule is CCCCC/C=C\C/C=C\CCCCCCCCCC(=O)OCCCCCCCCCCCCCCCCC/C=C\C/C=C\CCCCCCCCCCCCCCCCCCCC(=O)NC(CO)C(O)CCCCCCCCCCC. The van der Waals surface area contributed by atoms with E-state index >= 15 is 0 Å². The molecule has 0 heterocycles. The first-order valence-corrected chi connectivity index (χ1v) is 36.9. The zero-order chi connectivity index (χ0) is 59.2. The van der Waals surface area contributed by atoms with Crippen LogP contribution in [0.15, 0.2) is 48.6 Å². The van der Waals surface area contributed by atoms with Crippen molar-refractivity contribution in [3.8, 4) is 0 Å². The van der Waals surface area contributed by atoms with Crippen molar-refractivity contribution in [3.63, 3.8) is 0 Å². The smallest absolute Gasteiger partial charge is 0.305 e. The van der Waals surface area contributed by atoms with E-state index in [1.165, 1.54) is 308 Å². The molecule has 0 aliphatic carbocycles. The molecular weight excluding hydrogens is 1010 g/mol. The number of carbonyl (C=O) groups excluding carboxylic acids is 2. The number of ether oxygens (including phenoxy) is 1. The zero-order valence-electron chi connectivity index (χ0n) is 55.2. The van der Waals surface area contributed by atoms with E-state index in [0.717, 1.165) is 57.8 Å². The molecule has 0 spiro atoms. The molecule has 0 aliphatic heterocycles. The van der Waals surface area contributed by atoms with Crippen LogP contribution in [0.25, 0.3) is 0 Å². The summed E-state index contributed by atoms with van der Waals surface area (Å²) < 4.78 is 5.50. The van der Waals surface area contributed by atoms with Gasteiger partial charge in [0.1, 0.15) is 0 Å². The van der Waals surface area contributed by atoms with Crippen LogP contribution in [0.5, 0.6) is 0 Å². The Morgan fingerprint density at radius 1 is 0.341 bits per heavy atom. The average Bonchev–Trinajstić information content (AvgIpc) is 3.48. The highest BCUT2D eigenvalue weighted by Gasteiger charge is 2.20. The summed E-state index contributed by atoms with van der Waals surface area (Å²) in [4.78, 5) is 24.5. The van der Waals surface area contributed by atoms with Gasteiger partial charge in [0.15, 0.2) is 0 Å². The van der Waals surface area contributed by atoms with E-state index in [2.05, 4.69) is 67.8 Å². The van der Waals surface area contributed by atoms with Gasteiger partial charge in [0.2, 0.25) is 5.91 Å². The van der Waals surface area contributed by atoms with Crippen molar-refractivity contribution in [2.45, 2.75) is 411 Å². The number of hydrogen-bond donors (Lipinski definition) is 3. The Kier molecular flexibility index (Phi) is 69.4. The van der Waals surface area contributed by atoms with Crippen LogP contribution >= 0.6 is 0 Å². The first-order chi connectivity index (χ1) is 40.5. The Labute approximate surface area is 512 Å². The maximum Gasteiger partial charge on any atom is 0.305 e. The third-order valence-electron chi connectivity index (χ3n) is 17.1. The van der Waals surface area contributed by atoms with Gasteiger partial charge in [-0.1, -0.05) is 345 Å². The fraction of sp³-hybridized carbons (Fsp3) is 0.868. The minimum atomic E-state index is -0.660. The number of aliphatic hydroxyl groups is 2. The van der Waals surface area contributed by atoms with Gasteiger partial charge in [-0.05, 0) is 89.9 Å². The van der Waals surface area contributed by atoms with Crippen molar-refractivity contribution in [2.75, 3.05) is 13.2 Å². The lowest BCUT2D eigenvalue weighted by Gasteiger charge is -2.22. The molecule has 0 saturated carbocycles. The number of nitrogens with one attached hydrogen (secondary N) is 1. The second-order valence-corrected chi connectivity index (χ2v) is 25.3. The number of esters is 1. The van der Waals surface area contributed by atoms with E-state index in [1.807, 2.05) is 0 Å². The number of carbonyl (C=O) groups is 2. The van der Waals surface area contributed by atoms with E-state index in [0.29, 0.717) is 25.9 Å². The molecule has 0 aromatic heterocycles. The highest BCUT2D eigenvalue weighted by Crippen LogP contribution is 2.19. The topological polar surface area (TPSA) is 95.9 Å². The lowest BCUT2D eigenvalue weighted by atomic mass is 10.0. The van der Waals surface area contributed by atoms with E-state index in [4.69, 9.17) is 4.74 Å². The summed E-state index contributed by atoms with van der Waals surface area (Å²) in [6.45, 7) is 4.93. The van der Waals surface area contributed by atoms with Crippen molar-refractivity contribution in [1.29, 1.82) is 0 Å². The first kappa shape index (κ1) is 79.8. The second-order valence-electron chi connectivity index (χ2n) is 25.3. The van der Waals surface area contributed by atoms with Crippen molar-refractivity contribution in [2.24, 2.45) is 0 Å². The number of rotatable bonds is 69. The molecule has 2 atom stereocenters. The van der Waals surface area contributed by atoms with Crippen LogP contribution in [0, 0.1) is 0 Å². The molecule has 3 N–H and O–H groups in total. The lowest BCUT2D eigenvalue weighted by Crippen LogP contribution is -2.45. The number of allylic oxidation sites excluding steroid dienone is 8. The molecule has 82 heavy (non-hydrogen) atoms. The fourth-order valence-corrected chi connectivity index (χ4v) is 11.5. The molecule has 0 aromatic rings. The summed E-state index contributed by atoms with van der Waals surface area (Å²) in [6, 6.07) is -0.537. The highest BCUT2D eigenvalue weighted by atomic mass is 16.5. The fourth-order valence-electron chi connectivity index (χ4n) is 11.5. The third-order valence-corrected chi connectivity index (χ3v) is 17.1. The van der Waals surface area contributed by atoms with Gasteiger partial charge in [-0.2, -0.15) is 0 Å². The van der Waals surface area contributed by atoms with Gasteiger partial charge in [-0.3, -0.25) is 9.59 Å². The monoisotopic (exact) mass is 1150 g/mol. The Morgan fingerprint density at radius 2 is 0.610 bits per heavy atom. The predicted molar refractivity (Wildman–Crippen MR) is 361 cm³/mol. The molecule has 2 unspecified atom stereocenters. The Morgan fingerprint density at radius 3 is 0.951 bits per heavy atom. The van der Waals surface area contributed by atoms with E-state index in [9.17, 15) is 19.8 Å². The van der Waals surface area contributed by atoms with E-state index in [-0.39, 0.29) is 18.5 Å². The van der Waals surface area contributed by atoms with Crippen LogP contribution in [-0.4, -0.2) is 47.4 Å². The molecular formula is C76H143NO5. The number of unbranched alkanes of at least 4 members (excludes halogenated alkanes) is 50. The molecule has 482 valence electrons. The number of aliphatic hydroxyl groups excluding tert-OH is 2. The quantitative estimate of drug-likeness (QED) is 0.0320. The largest absolute Gasteiger partial charge is 0.466 e.